The molecule has 0 unspecified atom stereocenters. The summed E-state index contributed by atoms with van der Waals surface area (Å²) in [5, 5.41) is 15.1. The topological polar surface area (TPSA) is 63.2 Å². The fraction of sp³-hybridized carbons (Fsp3) is 0.250. The van der Waals surface area contributed by atoms with Gasteiger partial charge >= 0.3 is 0 Å². The van der Waals surface area contributed by atoms with E-state index in [2.05, 4.69) is 25.3 Å². The minimum Gasteiger partial charge on any atom is -0.354 e. The van der Waals surface area contributed by atoms with Gasteiger partial charge in [0.05, 0.1) is 23.0 Å². The van der Waals surface area contributed by atoms with Crippen molar-refractivity contribution in [1.82, 2.24) is 25.1 Å². The van der Waals surface area contributed by atoms with Gasteiger partial charge < -0.3 is 9.42 Å². The Labute approximate surface area is 177 Å². The number of piperazine rings is 1. The number of rotatable bonds is 4. The summed E-state index contributed by atoms with van der Waals surface area (Å²) in [6.07, 6.45) is 1.96. The summed E-state index contributed by atoms with van der Waals surface area (Å²) < 4.78 is 7.21. The molecular formula is C20H18Cl2N6O. The lowest BCUT2D eigenvalue weighted by atomic mass is 10.2. The molecule has 0 aliphatic carbocycles. The molecule has 0 atom stereocenters. The first-order valence-electron chi connectivity index (χ1n) is 9.35. The van der Waals surface area contributed by atoms with E-state index >= 15 is 0 Å². The lowest BCUT2D eigenvalue weighted by Gasteiger charge is -2.34. The molecule has 1 aliphatic heterocycles. The molecule has 2 aromatic carbocycles. The number of fused-ring (bicyclic) bond motifs is 1. The van der Waals surface area contributed by atoms with Crippen LogP contribution in [-0.4, -0.2) is 51.2 Å². The average Bonchev–Trinajstić information content (AvgIpc) is 3.36. The Hall–Kier alpha value is -2.61. The fourth-order valence-corrected chi connectivity index (χ4v) is 3.85. The van der Waals surface area contributed by atoms with Gasteiger partial charge in [-0.3, -0.25) is 4.90 Å². The van der Waals surface area contributed by atoms with Crippen LogP contribution in [0.3, 0.4) is 0 Å². The van der Waals surface area contributed by atoms with E-state index in [1.807, 2.05) is 42.6 Å². The van der Waals surface area contributed by atoms with E-state index in [0.717, 1.165) is 55.3 Å². The predicted molar refractivity (Wildman–Crippen MR) is 113 cm³/mol. The number of anilines is 1. The van der Waals surface area contributed by atoms with Crippen LogP contribution in [0.5, 0.6) is 0 Å². The van der Waals surface area contributed by atoms with E-state index < -0.39 is 0 Å². The number of hydrogen-bond acceptors (Lipinski definition) is 6. The Morgan fingerprint density at radius 2 is 1.69 bits per heavy atom. The van der Waals surface area contributed by atoms with Gasteiger partial charge in [-0.1, -0.05) is 33.6 Å². The third kappa shape index (κ3) is 3.81. The zero-order chi connectivity index (χ0) is 19.8. The number of nitrogens with zero attached hydrogens (tertiary/aromatic N) is 6. The fourth-order valence-electron chi connectivity index (χ4n) is 3.56. The summed E-state index contributed by atoms with van der Waals surface area (Å²) in [5.41, 5.74) is 2.60. The van der Waals surface area contributed by atoms with Crippen molar-refractivity contribution < 1.29 is 4.52 Å². The minimum atomic E-state index is 0.650. The Balaban J connectivity index is 1.23. The number of benzene rings is 2. The standard InChI is InChI=1S/C20H18Cl2N6O/c21-14-1-4-17(5-2-14)28-13-16(23-25-28)12-26-7-9-27(10-8-26)20-18-6-3-15(22)11-19(18)29-24-20/h1-6,11,13H,7-10,12H2. The van der Waals surface area contributed by atoms with Crippen LogP contribution in [0.2, 0.25) is 10.0 Å². The second-order valence-electron chi connectivity index (χ2n) is 7.04. The van der Waals surface area contributed by atoms with Crippen molar-refractivity contribution in [2.75, 3.05) is 31.1 Å². The molecule has 0 spiro atoms. The molecular weight excluding hydrogens is 411 g/mol. The van der Waals surface area contributed by atoms with Gasteiger partial charge in [0.2, 0.25) is 0 Å². The maximum atomic E-state index is 6.03. The third-order valence-electron chi connectivity index (χ3n) is 5.10. The second kappa shape index (κ2) is 7.67. The first kappa shape index (κ1) is 18.4. The summed E-state index contributed by atoms with van der Waals surface area (Å²) in [7, 11) is 0. The van der Waals surface area contributed by atoms with Crippen LogP contribution in [0.4, 0.5) is 5.82 Å². The predicted octanol–water partition coefficient (Wildman–Crippen LogP) is 4.04. The van der Waals surface area contributed by atoms with E-state index in [0.29, 0.717) is 15.6 Å². The molecule has 9 heteroatoms. The lowest BCUT2D eigenvalue weighted by Crippen LogP contribution is -2.46. The maximum absolute atomic E-state index is 6.03. The Kier molecular flexibility index (Phi) is 4.87. The van der Waals surface area contributed by atoms with Gasteiger partial charge in [0.1, 0.15) is 0 Å². The smallest absolute Gasteiger partial charge is 0.180 e. The van der Waals surface area contributed by atoms with E-state index in [9.17, 15) is 0 Å². The van der Waals surface area contributed by atoms with E-state index in [4.69, 9.17) is 27.7 Å². The van der Waals surface area contributed by atoms with Crippen LogP contribution in [0.1, 0.15) is 5.69 Å². The Morgan fingerprint density at radius 3 is 2.48 bits per heavy atom. The van der Waals surface area contributed by atoms with Crippen molar-refractivity contribution in [3.05, 3.63) is 64.4 Å². The zero-order valence-electron chi connectivity index (χ0n) is 15.5. The van der Waals surface area contributed by atoms with Crippen LogP contribution in [0.25, 0.3) is 16.7 Å². The highest BCUT2D eigenvalue weighted by atomic mass is 35.5. The summed E-state index contributed by atoms with van der Waals surface area (Å²) >= 11 is 12.0. The van der Waals surface area contributed by atoms with Crippen LogP contribution >= 0.6 is 23.2 Å². The molecule has 7 nitrogen and oxygen atoms in total. The van der Waals surface area contributed by atoms with Crippen LogP contribution in [0.15, 0.2) is 53.2 Å². The molecule has 0 radical (unpaired) electrons. The molecule has 29 heavy (non-hydrogen) atoms. The Morgan fingerprint density at radius 1 is 0.931 bits per heavy atom. The summed E-state index contributed by atoms with van der Waals surface area (Å²) in [5.74, 6) is 0.880. The number of aromatic nitrogens is 4. The number of hydrogen-bond donors (Lipinski definition) is 0. The molecule has 0 N–H and O–H groups in total. The van der Waals surface area contributed by atoms with Gasteiger partial charge in [-0.05, 0) is 36.4 Å². The van der Waals surface area contributed by atoms with Crippen molar-refractivity contribution in [2.24, 2.45) is 0 Å². The third-order valence-corrected chi connectivity index (χ3v) is 5.59. The quantitative estimate of drug-likeness (QED) is 0.488. The normalized spacial score (nSPS) is 15.3. The van der Waals surface area contributed by atoms with Gasteiger partial charge in [0, 0.05) is 48.8 Å². The monoisotopic (exact) mass is 428 g/mol. The largest absolute Gasteiger partial charge is 0.354 e. The molecule has 1 aliphatic rings. The average molecular weight is 429 g/mol. The summed E-state index contributed by atoms with van der Waals surface area (Å²) in [4.78, 5) is 4.62. The van der Waals surface area contributed by atoms with E-state index in [1.54, 1.807) is 10.7 Å². The van der Waals surface area contributed by atoms with Gasteiger partial charge in [-0.2, -0.15) is 0 Å². The van der Waals surface area contributed by atoms with E-state index in [1.165, 1.54) is 0 Å². The molecule has 2 aromatic heterocycles. The number of halogens is 2. The molecule has 1 fully saturated rings. The molecule has 0 amide bonds. The lowest BCUT2D eigenvalue weighted by molar-refractivity contribution is 0.245. The SMILES string of the molecule is Clc1ccc(-n2cc(CN3CCN(c4noc5cc(Cl)ccc45)CC3)nn2)cc1. The molecule has 0 bridgehead atoms. The maximum Gasteiger partial charge on any atom is 0.180 e. The first-order valence-corrected chi connectivity index (χ1v) is 10.1. The first-order chi connectivity index (χ1) is 14.2. The van der Waals surface area contributed by atoms with Crippen LogP contribution in [0, 0.1) is 0 Å². The highest BCUT2D eigenvalue weighted by Crippen LogP contribution is 2.29. The van der Waals surface area contributed by atoms with Gasteiger partial charge in [-0.15, -0.1) is 5.10 Å². The zero-order valence-corrected chi connectivity index (χ0v) is 17.0. The molecule has 0 saturated carbocycles. The van der Waals surface area contributed by atoms with Gasteiger partial charge in [0.15, 0.2) is 11.4 Å². The van der Waals surface area contributed by atoms with Crippen LogP contribution < -0.4 is 4.90 Å². The molecule has 1 saturated heterocycles. The second-order valence-corrected chi connectivity index (χ2v) is 7.91. The van der Waals surface area contributed by atoms with Crippen molar-refractivity contribution in [1.29, 1.82) is 0 Å². The van der Waals surface area contributed by atoms with E-state index in [-0.39, 0.29) is 0 Å². The van der Waals surface area contributed by atoms with Crippen molar-refractivity contribution in [3.63, 3.8) is 0 Å². The minimum absolute atomic E-state index is 0.650. The van der Waals surface area contributed by atoms with Crippen molar-refractivity contribution >= 4 is 40.0 Å². The van der Waals surface area contributed by atoms with Gasteiger partial charge in [0.25, 0.3) is 0 Å². The molecule has 148 valence electrons. The molecule has 5 rings (SSSR count). The highest BCUT2D eigenvalue weighted by Gasteiger charge is 2.22. The Bertz CT molecular complexity index is 1130. The summed E-state index contributed by atoms with van der Waals surface area (Å²) in [6.45, 7) is 4.33. The summed E-state index contributed by atoms with van der Waals surface area (Å²) in [6, 6.07) is 13.2. The van der Waals surface area contributed by atoms with Crippen molar-refractivity contribution in [3.8, 4) is 5.69 Å². The van der Waals surface area contributed by atoms with Gasteiger partial charge in [-0.25, -0.2) is 4.68 Å². The molecule has 4 aromatic rings. The van der Waals surface area contributed by atoms with Crippen LogP contribution in [-0.2, 0) is 6.54 Å². The highest BCUT2D eigenvalue weighted by molar-refractivity contribution is 6.31. The molecule has 3 heterocycles. The van der Waals surface area contributed by atoms with Crippen molar-refractivity contribution in [2.45, 2.75) is 6.54 Å².